The average Bonchev–Trinajstić information content (AvgIpc) is 2.46. The second-order valence-corrected chi connectivity index (χ2v) is 6.71. The van der Waals surface area contributed by atoms with Gasteiger partial charge in [-0.15, -0.1) is 0 Å². The van der Waals surface area contributed by atoms with Crippen LogP contribution >= 0.6 is 0 Å². The van der Waals surface area contributed by atoms with Crippen LogP contribution in [0.2, 0.25) is 0 Å². The molecule has 0 N–H and O–H groups in total. The Morgan fingerprint density at radius 2 is 1.77 bits per heavy atom. The van der Waals surface area contributed by atoms with Crippen molar-refractivity contribution in [3.05, 3.63) is 58.7 Å². The lowest BCUT2D eigenvalue weighted by molar-refractivity contribution is 0.0174. The molecule has 0 aromatic heterocycles. The molecule has 1 aliphatic rings. The number of hydrogen-bond acceptors (Lipinski definition) is 2. The zero-order valence-electron chi connectivity index (χ0n) is 13.9. The van der Waals surface area contributed by atoms with Gasteiger partial charge in [0.25, 0.3) is 0 Å². The van der Waals surface area contributed by atoms with Gasteiger partial charge in [-0.25, -0.2) is 0 Å². The average molecular weight is 296 g/mol. The first-order chi connectivity index (χ1) is 10.5. The first-order valence-corrected chi connectivity index (χ1v) is 7.94. The van der Waals surface area contributed by atoms with Gasteiger partial charge < -0.3 is 9.47 Å². The molecule has 1 atom stereocenters. The summed E-state index contributed by atoms with van der Waals surface area (Å²) in [6.07, 6.45) is 2.03. The predicted octanol–water partition coefficient (Wildman–Crippen LogP) is 4.77. The summed E-state index contributed by atoms with van der Waals surface area (Å²) in [5, 5.41) is 0. The largest absolute Gasteiger partial charge is 0.489 e. The summed E-state index contributed by atoms with van der Waals surface area (Å²) in [4.78, 5) is 0. The normalized spacial score (nSPS) is 20.2. The third-order valence-corrected chi connectivity index (χ3v) is 4.40. The van der Waals surface area contributed by atoms with E-state index in [1.807, 2.05) is 12.1 Å². The lowest BCUT2D eigenvalue weighted by Gasteiger charge is -2.36. The summed E-state index contributed by atoms with van der Waals surface area (Å²) in [5.41, 5.74) is 4.90. The molecule has 1 heterocycles. The standard InChI is InChI=1S/C20H24O2/c1-14-5-7-17(8-6-14)21-13-20(4)10-9-18-16(3)11-15(2)12-19(18)22-20/h5-8,11-12H,9-10,13H2,1-4H3. The van der Waals surface area contributed by atoms with E-state index in [0.717, 1.165) is 24.3 Å². The Hall–Kier alpha value is -1.96. The summed E-state index contributed by atoms with van der Waals surface area (Å²) in [7, 11) is 0. The van der Waals surface area contributed by atoms with Gasteiger partial charge in [0.1, 0.15) is 23.7 Å². The zero-order chi connectivity index (χ0) is 15.7. The molecule has 2 aromatic carbocycles. The Balaban J connectivity index is 1.73. The van der Waals surface area contributed by atoms with Crippen LogP contribution in [0.15, 0.2) is 36.4 Å². The van der Waals surface area contributed by atoms with Crippen molar-refractivity contribution in [3.63, 3.8) is 0 Å². The molecule has 2 aromatic rings. The predicted molar refractivity (Wildman–Crippen MR) is 89.9 cm³/mol. The molecule has 0 saturated carbocycles. The molecule has 22 heavy (non-hydrogen) atoms. The summed E-state index contributed by atoms with van der Waals surface area (Å²) < 4.78 is 12.3. The molecule has 0 amide bonds. The Kier molecular flexibility index (Phi) is 3.86. The monoisotopic (exact) mass is 296 g/mol. The van der Waals surface area contributed by atoms with Gasteiger partial charge >= 0.3 is 0 Å². The number of fused-ring (bicyclic) bond motifs is 1. The van der Waals surface area contributed by atoms with Gasteiger partial charge in [-0.3, -0.25) is 0 Å². The molecular formula is C20H24O2. The highest BCUT2D eigenvalue weighted by Crippen LogP contribution is 2.36. The van der Waals surface area contributed by atoms with Crippen LogP contribution < -0.4 is 9.47 Å². The maximum atomic E-state index is 6.30. The highest BCUT2D eigenvalue weighted by Gasteiger charge is 2.33. The minimum atomic E-state index is -0.266. The minimum absolute atomic E-state index is 0.266. The van der Waals surface area contributed by atoms with Crippen molar-refractivity contribution in [3.8, 4) is 11.5 Å². The third kappa shape index (κ3) is 3.11. The molecule has 0 fully saturated rings. The van der Waals surface area contributed by atoms with E-state index in [4.69, 9.17) is 9.47 Å². The molecule has 1 unspecified atom stereocenters. The van der Waals surface area contributed by atoms with E-state index < -0.39 is 0 Å². The minimum Gasteiger partial charge on any atom is -0.489 e. The van der Waals surface area contributed by atoms with Gasteiger partial charge in [-0.1, -0.05) is 23.8 Å². The quantitative estimate of drug-likeness (QED) is 0.812. The van der Waals surface area contributed by atoms with Gasteiger partial charge in [0.2, 0.25) is 0 Å². The molecule has 0 bridgehead atoms. The van der Waals surface area contributed by atoms with Crippen LogP contribution in [0, 0.1) is 20.8 Å². The molecular weight excluding hydrogens is 272 g/mol. The van der Waals surface area contributed by atoms with E-state index in [9.17, 15) is 0 Å². The van der Waals surface area contributed by atoms with Crippen molar-refractivity contribution < 1.29 is 9.47 Å². The lowest BCUT2D eigenvalue weighted by Crippen LogP contribution is -2.42. The lowest BCUT2D eigenvalue weighted by atomic mass is 9.90. The molecule has 2 nitrogen and oxygen atoms in total. The molecule has 0 aliphatic carbocycles. The number of ether oxygens (including phenoxy) is 2. The molecule has 2 heteroatoms. The second-order valence-electron chi connectivity index (χ2n) is 6.71. The highest BCUT2D eigenvalue weighted by atomic mass is 16.5. The van der Waals surface area contributed by atoms with Crippen molar-refractivity contribution in [1.82, 2.24) is 0 Å². The molecule has 3 rings (SSSR count). The van der Waals surface area contributed by atoms with E-state index in [2.05, 4.69) is 52.0 Å². The Labute approximate surface area is 133 Å². The zero-order valence-corrected chi connectivity index (χ0v) is 13.9. The Morgan fingerprint density at radius 1 is 1.05 bits per heavy atom. The van der Waals surface area contributed by atoms with Crippen LogP contribution in [0.4, 0.5) is 0 Å². The van der Waals surface area contributed by atoms with Gasteiger partial charge in [-0.05, 0) is 75.4 Å². The van der Waals surface area contributed by atoms with Crippen LogP contribution in [0.3, 0.4) is 0 Å². The number of benzene rings is 2. The maximum Gasteiger partial charge on any atom is 0.140 e. The van der Waals surface area contributed by atoms with Crippen molar-refractivity contribution in [2.75, 3.05) is 6.61 Å². The molecule has 116 valence electrons. The first-order valence-electron chi connectivity index (χ1n) is 7.94. The smallest absolute Gasteiger partial charge is 0.140 e. The van der Waals surface area contributed by atoms with Gasteiger partial charge in [0.05, 0.1) is 0 Å². The van der Waals surface area contributed by atoms with E-state index in [0.29, 0.717) is 6.61 Å². The number of rotatable bonds is 3. The summed E-state index contributed by atoms with van der Waals surface area (Å²) in [6.45, 7) is 9.08. The van der Waals surface area contributed by atoms with E-state index in [-0.39, 0.29) is 5.60 Å². The maximum absolute atomic E-state index is 6.30. The number of hydrogen-bond donors (Lipinski definition) is 0. The Bertz CT molecular complexity index is 673. The van der Waals surface area contributed by atoms with Crippen LogP contribution in [-0.4, -0.2) is 12.2 Å². The van der Waals surface area contributed by atoms with Crippen molar-refractivity contribution in [1.29, 1.82) is 0 Å². The summed E-state index contributed by atoms with van der Waals surface area (Å²) >= 11 is 0. The van der Waals surface area contributed by atoms with Gasteiger partial charge in [-0.2, -0.15) is 0 Å². The van der Waals surface area contributed by atoms with Gasteiger partial charge in [0, 0.05) is 0 Å². The molecule has 1 aliphatic heterocycles. The van der Waals surface area contributed by atoms with E-state index >= 15 is 0 Å². The molecule has 0 saturated heterocycles. The second kappa shape index (κ2) is 5.68. The van der Waals surface area contributed by atoms with E-state index in [1.54, 1.807) is 0 Å². The van der Waals surface area contributed by atoms with Crippen molar-refractivity contribution in [2.24, 2.45) is 0 Å². The fourth-order valence-electron chi connectivity index (χ4n) is 3.05. The fourth-order valence-corrected chi connectivity index (χ4v) is 3.05. The van der Waals surface area contributed by atoms with Crippen LogP contribution in [0.5, 0.6) is 11.5 Å². The fraction of sp³-hybridized carbons (Fsp3) is 0.400. The third-order valence-electron chi connectivity index (χ3n) is 4.40. The summed E-state index contributed by atoms with van der Waals surface area (Å²) in [5.74, 6) is 1.93. The Morgan fingerprint density at radius 3 is 2.50 bits per heavy atom. The highest BCUT2D eigenvalue weighted by molar-refractivity contribution is 5.45. The van der Waals surface area contributed by atoms with E-state index in [1.165, 1.54) is 22.3 Å². The van der Waals surface area contributed by atoms with Crippen LogP contribution in [0.1, 0.15) is 35.6 Å². The van der Waals surface area contributed by atoms with Crippen molar-refractivity contribution >= 4 is 0 Å². The van der Waals surface area contributed by atoms with Crippen molar-refractivity contribution in [2.45, 2.75) is 46.1 Å². The topological polar surface area (TPSA) is 18.5 Å². The number of aryl methyl sites for hydroxylation is 3. The van der Waals surface area contributed by atoms with Crippen LogP contribution in [-0.2, 0) is 6.42 Å². The SMILES string of the molecule is Cc1ccc(OCC2(C)CCc3c(C)cc(C)cc3O2)cc1. The molecule has 0 radical (unpaired) electrons. The summed E-state index contributed by atoms with van der Waals surface area (Å²) in [6, 6.07) is 12.6. The van der Waals surface area contributed by atoms with Gasteiger partial charge in [0.15, 0.2) is 0 Å². The van der Waals surface area contributed by atoms with Crippen LogP contribution in [0.25, 0.3) is 0 Å². The first kappa shape index (κ1) is 15.0. The molecule has 0 spiro atoms.